The number of anilines is 1. The highest BCUT2D eigenvalue weighted by Gasteiger charge is 2.21. The van der Waals surface area contributed by atoms with Crippen LogP contribution in [0.15, 0.2) is 17.0 Å². The van der Waals surface area contributed by atoms with Crippen molar-refractivity contribution in [3.8, 4) is 0 Å². The van der Waals surface area contributed by atoms with Crippen LogP contribution in [0.2, 0.25) is 0 Å². The van der Waals surface area contributed by atoms with Crippen LogP contribution in [0, 0.1) is 5.82 Å². The van der Waals surface area contributed by atoms with Gasteiger partial charge in [0.05, 0.1) is 4.90 Å². The molecule has 13 heavy (non-hydrogen) atoms. The number of fused-ring (bicyclic) bond motifs is 1. The molecule has 1 aliphatic heterocycles. The quantitative estimate of drug-likeness (QED) is 0.647. The van der Waals surface area contributed by atoms with E-state index >= 15 is 0 Å². The number of nitrogens with two attached hydrogens (primary N) is 1. The molecule has 1 heterocycles. The Bertz CT molecular complexity index is 378. The average molecular weight is 197 g/mol. The molecule has 0 saturated heterocycles. The second kappa shape index (κ2) is 3.03. The summed E-state index contributed by atoms with van der Waals surface area (Å²) in [5, 5.41) is 0. The molecule has 2 rings (SSSR count). The van der Waals surface area contributed by atoms with Crippen LogP contribution < -0.4 is 5.73 Å². The van der Waals surface area contributed by atoms with Gasteiger partial charge in [0.1, 0.15) is 5.82 Å². The highest BCUT2D eigenvalue weighted by molar-refractivity contribution is 7.99. The van der Waals surface area contributed by atoms with Crippen molar-refractivity contribution in [2.75, 3.05) is 11.5 Å². The van der Waals surface area contributed by atoms with E-state index in [1.165, 1.54) is 17.8 Å². The number of hydrogen-bond acceptors (Lipinski definition) is 3. The Morgan fingerprint density at radius 1 is 1.46 bits per heavy atom. The number of carbonyl (C=O) groups is 1. The van der Waals surface area contributed by atoms with E-state index in [-0.39, 0.29) is 11.6 Å². The summed E-state index contributed by atoms with van der Waals surface area (Å²) in [5.41, 5.74) is 6.19. The summed E-state index contributed by atoms with van der Waals surface area (Å²) >= 11 is 1.38. The van der Waals surface area contributed by atoms with Gasteiger partial charge in [0.2, 0.25) is 0 Å². The van der Waals surface area contributed by atoms with Crippen LogP contribution in [0.25, 0.3) is 0 Å². The van der Waals surface area contributed by atoms with Crippen LogP contribution in [0.4, 0.5) is 10.1 Å². The lowest BCUT2D eigenvalue weighted by Gasteiger charge is -2.14. The van der Waals surface area contributed by atoms with Crippen LogP contribution in [-0.2, 0) is 0 Å². The normalized spacial score (nSPS) is 15.6. The number of Topliss-reactive ketones (excluding diaryl/α,β-unsaturated/α-hetero) is 1. The molecule has 2 nitrogen and oxygen atoms in total. The Morgan fingerprint density at radius 3 is 3.00 bits per heavy atom. The Morgan fingerprint density at radius 2 is 2.23 bits per heavy atom. The lowest BCUT2D eigenvalue weighted by molar-refractivity contribution is 0.0984. The number of carbonyl (C=O) groups excluding carboxylic acids is 1. The van der Waals surface area contributed by atoms with Gasteiger partial charge in [-0.25, -0.2) is 4.39 Å². The predicted molar refractivity (Wildman–Crippen MR) is 50.5 cm³/mol. The zero-order valence-electron chi connectivity index (χ0n) is 6.84. The van der Waals surface area contributed by atoms with Crippen molar-refractivity contribution >= 4 is 23.2 Å². The fourth-order valence-electron chi connectivity index (χ4n) is 1.35. The summed E-state index contributed by atoms with van der Waals surface area (Å²) in [6, 6.07) is 2.80. The number of benzene rings is 1. The molecule has 1 aromatic carbocycles. The zero-order valence-corrected chi connectivity index (χ0v) is 7.66. The maximum Gasteiger partial charge on any atom is 0.165 e. The summed E-state index contributed by atoms with van der Waals surface area (Å²) < 4.78 is 13.3. The van der Waals surface area contributed by atoms with Crippen molar-refractivity contribution in [3.05, 3.63) is 23.5 Å². The second-order valence-corrected chi connectivity index (χ2v) is 4.01. The number of ketones is 1. The highest BCUT2D eigenvalue weighted by Crippen LogP contribution is 2.33. The van der Waals surface area contributed by atoms with E-state index in [4.69, 9.17) is 5.73 Å². The maximum atomic E-state index is 13.3. The fraction of sp³-hybridized carbons (Fsp3) is 0.222. The second-order valence-electron chi connectivity index (χ2n) is 2.90. The minimum atomic E-state index is -0.381. The average Bonchev–Trinajstić information content (AvgIpc) is 2.07. The highest BCUT2D eigenvalue weighted by atomic mass is 32.2. The van der Waals surface area contributed by atoms with Gasteiger partial charge in [-0.15, -0.1) is 11.8 Å². The topological polar surface area (TPSA) is 43.1 Å². The van der Waals surface area contributed by atoms with Crippen molar-refractivity contribution in [2.24, 2.45) is 0 Å². The predicted octanol–water partition coefficient (Wildman–Crippen LogP) is 2.09. The SMILES string of the molecule is Nc1cc(F)c2c(c1)C(=O)CCS2. The van der Waals surface area contributed by atoms with Crippen molar-refractivity contribution < 1.29 is 9.18 Å². The van der Waals surface area contributed by atoms with Crippen LogP contribution >= 0.6 is 11.8 Å². The molecule has 0 radical (unpaired) electrons. The smallest absolute Gasteiger partial charge is 0.165 e. The van der Waals surface area contributed by atoms with E-state index in [0.29, 0.717) is 28.3 Å². The van der Waals surface area contributed by atoms with Crippen LogP contribution in [0.3, 0.4) is 0 Å². The van der Waals surface area contributed by atoms with Gasteiger partial charge in [-0.3, -0.25) is 4.79 Å². The van der Waals surface area contributed by atoms with Gasteiger partial charge in [-0.2, -0.15) is 0 Å². The van der Waals surface area contributed by atoms with Gasteiger partial charge in [-0.05, 0) is 12.1 Å². The van der Waals surface area contributed by atoms with E-state index in [1.807, 2.05) is 0 Å². The first kappa shape index (κ1) is 8.56. The molecule has 0 atom stereocenters. The lowest BCUT2D eigenvalue weighted by Crippen LogP contribution is -2.10. The van der Waals surface area contributed by atoms with E-state index in [9.17, 15) is 9.18 Å². The fourth-order valence-corrected chi connectivity index (χ4v) is 2.37. The van der Waals surface area contributed by atoms with Gasteiger partial charge < -0.3 is 5.73 Å². The van der Waals surface area contributed by atoms with Crippen LogP contribution in [0.5, 0.6) is 0 Å². The van der Waals surface area contributed by atoms with Crippen LogP contribution in [0.1, 0.15) is 16.8 Å². The summed E-state index contributed by atoms with van der Waals surface area (Å²) in [5.74, 6) is 0.264. The monoisotopic (exact) mass is 197 g/mol. The minimum absolute atomic E-state index is 0.0139. The van der Waals surface area contributed by atoms with E-state index in [0.717, 1.165) is 0 Å². The Kier molecular flexibility index (Phi) is 2.00. The third kappa shape index (κ3) is 1.42. The molecule has 0 amide bonds. The lowest BCUT2D eigenvalue weighted by atomic mass is 10.1. The molecular formula is C9H8FNOS. The van der Waals surface area contributed by atoms with E-state index in [2.05, 4.69) is 0 Å². The molecule has 1 aliphatic rings. The Hall–Kier alpha value is -1.03. The zero-order chi connectivity index (χ0) is 9.42. The number of halogens is 1. The van der Waals surface area contributed by atoms with Gasteiger partial charge in [-0.1, -0.05) is 0 Å². The summed E-state index contributed by atoms with van der Waals surface area (Å²) in [6.07, 6.45) is 0.473. The molecule has 0 bridgehead atoms. The van der Waals surface area contributed by atoms with Crippen molar-refractivity contribution in [1.29, 1.82) is 0 Å². The molecule has 0 fully saturated rings. The molecule has 1 aromatic rings. The van der Waals surface area contributed by atoms with Crippen LogP contribution in [-0.4, -0.2) is 11.5 Å². The van der Waals surface area contributed by atoms with Gasteiger partial charge in [0.25, 0.3) is 0 Å². The molecule has 2 N–H and O–H groups in total. The summed E-state index contributed by atoms with van der Waals surface area (Å²) in [6.45, 7) is 0. The number of hydrogen-bond donors (Lipinski definition) is 1. The Balaban J connectivity index is 2.63. The van der Waals surface area contributed by atoms with Crippen molar-refractivity contribution in [2.45, 2.75) is 11.3 Å². The molecular weight excluding hydrogens is 189 g/mol. The number of thioether (sulfide) groups is 1. The molecule has 0 spiro atoms. The largest absolute Gasteiger partial charge is 0.399 e. The molecule has 0 saturated carbocycles. The number of nitrogen functional groups attached to an aromatic ring is 1. The minimum Gasteiger partial charge on any atom is -0.399 e. The Labute approximate surface area is 79.3 Å². The van der Waals surface area contributed by atoms with Gasteiger partial charge in [0.15, 0.2) is 5.78 Å². The van der Waals surface area contributed by atoms with E-state index in [1.54, 1.807) is 6.07 Å². The summed E-state index contributed by atoms with van der Waals surface area (Å²) in [4.78, 5) is 11.8. The molecule has 0 aliphatic carbocycles. The van der Waals surface area contributed by atoms with Gasteiger partial charge in [0, 0.05) is 23.4 Å². The molecule has 0 unspecified atom stereocenters. The first-order chi connectivity index (χ1) is 6.18. The van der Waals surface area contributed by atoms with Crippen molar-refractivity contribution in [3.63, 3.8) is 0 Å². The first-order valence-electron chi connectivity index (χ1n) is 3.93. The molecule has 0 aromatic heterocycles. The first-order valence-corrected chi connectivity index (χ1v) is 4.92. The van der Waals surface area contributed by atoms with Crippen molar-refractivity contribution in [1.82, 2.24) is 0 Å². The third-order valence-corrected chi connectivity index (χ3v) is 3.05. The third-order valence-electron chi connectivity index (χ3n) is 1.94. The molecule has 68 valence electrons. The molecule has 4 heteroatoms. The number of rotatable bonds is 0. The standard InChI is InChI=1S/C9H8FNOS/c10-7-4-5(11)3-6-8(12)1-2-13-9(6)7/h3-4H,1-2,11H2. The maximum absolute atomic E-state index is 13.3. The summed E-state index contributed by atoms with van der Waals surface area (Å²) in [7, 11) is 0. The van der Waals surface area contributed by atoms with E-state index < -0.39 is 0 Å². The van der Waals surface area contributed by atoms with Gasteiger partial charge >= 0.3 is 0 Å².